The molecule has 1 aromatic rings. The van der Waals surface area contributed by atoms with Crippen LogP contribution in [0.4, 0.5) is 11.4 Å². The van der Waals surface area contributed by atoms with Crippen LogP contribution in [-0.4, -0.2) is 44.9 Å². The lowest BCUT2D eigenvalue weighted by Crippen LogP contribution is -2.37. The Bertz CT molecular complexity index is 649. The summed E-state index contributed by atoms with van der Waals surface area (Å²) >= 11 is 1.67. The summed E-state index contributed by atoms with van der Waals surface area (Å²) in [6.45, 7) is 1.55. The molecule has 3 N–H and O–H groups in total. The van der Waals surface area contributed by atoms with E-state index >= 15 is 0 Å². The lowest BCUT2D eigenvalue weighted by atomic mass is 10.2. The Kier molecular flexibility index (Phi) is 7.46. The Hall–Kier alpha value is -1.16. The van der Waals surface area contributed by atoms with Crippen LogP contribution < -0.4 is 20.1 Å². The molecular weight excluding hydrogens is 362 g/mol. The zero-order valence-corrected chi connectivity index (χ0v) is 15.2. The molecule has 1 unspecified atom stereocenters. The van der Waals surface area contributed by atoms with E-state index < -0.39 is 10.0 Å². The summed E-state index contributed by atoms with van der Waals surface area (Å²) in [5, 5.41) is 5.87. The minimum absolute atomic E-state index is 0. The summed E-state index contributed by atoms with van der Waals surface area (Å²) in [7, 11) is -1.94. The van der Waals surface area contributed by atoms with Gasteiger partial charge in [-0.25, -0.2) is 8.42 Å². The second-order valence-electron chi connectivity index (χ2n) is 4.68. The van der Waals surface area contributed by atoms with Crippen LogP contribution in [0.1, 0.15) is 6.92 Å². The number of ether oxygens (including phenoxy) is 1. The molecule has 0 bridgehead atoms. The number of anilines is 2. The Morgan fingerprint density at radius 1 is 1.48 bits per heavy atom. The molecule has 7 nitrogen and oxygen atoms in total. The van der Waals surface area contributed by atoms with Crippen molar-refractivity contribution >= 4 is 51.5 Å². The summed E-state index contributed by atoms with van der Waals surface area (Å²) in [4.78, 5) is 12.0. The van der Waals surface area contributed by atoms with Crippen molar-refractivity contribution in [2.24, 2.45) is 0 Å². The van der Waals surface area contributed by atoms with Crippen molar-refractivity contribution < 1.29 is 17.9 Å². The molecule has 0 aromatic heterocycles. The molecule has 1 aliphatic heterocycles. The minimum atomic E-state index is -3.38. The molecule has 1 aliphatic rings. The average Bonchev–Trinajstić information content (AvgIpc) is 3.03. The lowest BCUT2D eigenvalue weighted by molar-refractivity contribution is -0.117. The molecule has 1 fully saturated rings. The second kappa shape index (κ2) is 8.62. The van der Waals surface area contributed by atoms with Crippen LogP contribution in [-0.2, 0) is 14.8 Å². The largest absolute Gasteiger partial charge is 0.494 e. The lowest BCUT2D eigenvalue weighted by Gasteiger charge is -2.14. The van der Waals surface area contributed by atoms with Gasteiger partial charge in [-0.3, -0.25) is 14.8 Å². The molecule has 1 amide bonds. The molecule has 23 heavy (non-hydrogen) atoms. The smallest absolute Gasteiger partial charge is 0.242 e. The molecule has 0 aliphatic carbocycles. The fraction of sp³-hybridized carbons (Fsp3) is 0.462. The number of thioether (sulfide) groups is 1. The van der Waals surface area contributed by atoms with Gasteiger partial charge < -0.3 is 10.1 Å². The predicted molar refractivity (Wildman–Crippen MR) is 96.2 cm³/mol. The monoisotopic (exact) mass is 381 g/mol. The normalized spacial score (nSPS) is 17.2. The topological polar surface area (TPSA) is 96.5 Å². The van der Waals surface area contributed by atoms with E-state index in [4.69, 9.17) is 4.74 Å². The van der Waals surface area contributed by atoms with Gasteiger partial charge in [0, 0.05) is 23.4 Å². The van der Waals surface area contributed by atoms with Crippen LogP contribution in [0.3, 0.4) is 0 Å². The maximum Gasteiger partial charge on any atom is 0.242 e. The van der Waals surface area contributed by atoms with E-state index in [1.165, 1.54) is 7.11 Å². The minimum Gasteiger partial charge on any atom is -0.494 e. The standard InChI is InChI=1S/C13H19N3O4S2.ClH/c1-3-22(18,19)16-10-5-4-9(6-12(10)20-2)15-13(17)11-7-21-8-14-11;/h4-6,11,14,16H,3,7-8H2,1-2H3,(H,15,17);1H. The number of sulfonamides is 1. The fourth-order valence-corrected chi connectivity index (χ4v) is 3.48. The van der Waals surface area contributed by atoms with E-state index in [1.54, 1.807) is 36.9 Å². The highest BCUT2D eigenvalue weighted by Crippen LogP contribution is 2.29. The van der Waals surface area contributed by atoms with Crippen LogP contribution in [0, 0.1) is 0 Å². The third-order valence-corrected chi connectivity index (χ3v) is 5.38. The molecule has 0 spiro atoms. The molecule has 1 saturated heterocycles. The first-order valence-electron chi connectivity index (χ1n) is 6.75. The quantitative estimate of drug-likeness (QED) is 0.690. The van der Waals surface area contributed by atoms with E-state index in [-0.39, 0.29) is 30.1 Å². The van der Waals surface area contributed by atoms with Gasteiger partial charge in [0.15, 0.2) is 0 Å². The van der Waals surface area contributed by atoms with Gasteiger partial charge in [0.05, 0.1) is 24.6 Å². The summed E-state index contributed by atoms with van der Waals surface area (Å²) in [5.41, 5.74) is 0.900. The zero-order chi connectivity index (χ0) is 16.2. The molecule has 10 heteroatoms. The highest BCUT2D eigenvalue weighted by atomic mass is 35.5. The number of nitrogens with one attached hydrogen (secondary N) is 3. The van der Waals surface area contributed by atoms with Crippen molar-refractivity contribution in [3.63, 3.8) is 0 Å². The van der Waals surface area contributed by atoms with Crippen molar-refractivity contribution in [3.05, 3.63) is 18.2 Å². The number of carbonyl (C=O) groups excluding carboxylic acids is 1. The Morgan fingerprint density at radius 3 is 2.78 bits per heavy atom. The summed E-state index contributed by atoms with van der Waals surface area (Å²) in [6.07, 6.45) is 0. The van der Waals surface area contributed by atoms with Crippen molar-refractivity contribution in [2.45, 2.75) is 13.0 Å². The van der Waals surface area contributed by atoms with Crippen LogP contribution in [0.15, 0.2) is 18.2 Å². The second-order valence-corrected chi connectivity index (χ2v) is 7.72. The van der Waals surface area contributed by atoms with Crippen LogP contribution in [0.25, 0.3) is 0 Å². The Labute approximate surface area is 146 Å². The highest BCUT2D eigenvalue weighted by Gasteiger charge is 2.22. The van der Waals surface area contributed by atoms with E-state index in [0.717, 1.165) is 11.6 Å². The molecular formula is C13H20ClN3O4S2. The number of carbonyl (C=O) groups is 1. The van der Waals surface area contributed by atoms with E-state index in [2.05, 4.69) is 15.4 Å². The van der Waals surface area contributed by atoms with E-state index in [9.17, 15) is 13.2 Å². The highest BCUT2D eigenvalue weighted by molar-refractivity contribution is 7.99. The van der Waals surface area contributed by atoms with Gasteiger partial charge in [0.25, 0.3) is 0 Å². The molecule has 0 radical (unpaired) electrons. The average molecular weight is 382 g/mol. The van der Waals surface area contributed by atoms with Crippen molar-refractivity contribution in [1.29, 1.82) is 0 Å². The van der Waals surface area contributed by atoms with E-state index in [0.29, 0.717) is 17.1 Å². The summed E-state index contributed by atoms with van der Waals surface area (Å²) < 4.78 is 30.9. The molecule has 1 heterocycles. The van der Waals surface area contributed by atoms with Crippen molar-refractivity contribution in [2.75, 3.05) is 34.5 Å². The molecule has 130 valence electrons. The van der Waals surface area contributed by atoms with Gasteiger partial charge in [0.2, 0.25) is 15.9 Å². The van der Waals surface area contributed by atoms with Crippen LogP contribution in [0.2, 0.25) is 0 Å². The van der Waals surface area contributed by atoms with Gasteiger partial charge in [-0.05, 0) is 19.1 Å². The van der Waals surface area contributed by atoms with Crippen LogP contribution >= 0.6 is 24.2 Å². The SMILES string of the molecule is CCS(=O)(=O)Nc1ccc(NC(=O)C2CSCN2)cc1OC.Cl. The number of halogens is 1. The number of methoxy groups -OCH3 is 1. The predicted octanol–water partition coefficient (Wildman–Crippen LogP) is 1.48. The van der Waals surface area contributed by atoms with Crippen LogP contribution in [0.5, 0.6) is 5.75 Å². The summed E-state index contributed by atoms with van der Waals surface area (Å²) in [5.74, 6) is 1.70. The third-order valence-electron chi connectivity index (χ3n) is 3.15. The molecule has 2 rings (SSSR count). The molecule has 0 saturated carbocycles. The first kappa shape index (κ1) is 19.9. The van der Waals surface area contributed by atoms with Gasteiger partial charge in [-0.1, -0.05) is 0 Å². The number of benzene rings is 1. The number of amides is 1. The van der Waals surface area contributed by atoms with Gasteiger partial charge in [-0.15, -0.1) is 24.2 Å². The summed E-state index contributed by atoms with van der Waals surface area (Å²) in [6, 6.07) is 4.58. The third kappa shape index (κ3) is 5.45. The van der Waals surface area contributed by atoms with Crippen molar-refractivity contribution in [3.8, 4) is 5.75 Å². The fourth-order valence-electron chi connectivity index (χ4n) is 1.89. The van der Waals surface area contributed by atoms with Gasteiger partial charge in [-0.2, -0.15) is 0 Å². The number of hydrogen-bond donors (Lipinski definition) is 3. The van der Waals surface area contributed by atoms with Crippen molar-refractivity contribution in [1.82, 2.24) is 5.32 Å². The zero-order valence-electron chi connectivity index (χ0n) is 12.8. The Morgan fingerprint density at radius 2 is 2.22 bits per heavy atom. The first-order valence-corrected chi connectivity index (χ1v) is 9.56. The number of hydrogen-bond acceptors (Lipinski definition) is 6. The van der Waals surface area contributed by atoms with E-state index in [1.807, 2.05) is 0 Å². The number of rotatable bonds is 6. The van der Waals surface area contributed by atoms with Gasteiger partial charge >= 0.3 is 0 Å². The molecule has 1 aromatic carbocycles. The maximum atomic E-state index is 12.0. The Balaban J connectivity index is 0.00000264. The first-order chi connectivity index (χ1) is 10.4. The van der Waals surface area contributed by atoms with Gasteiger partial charge in [0.1, 0.15) is 5.75 Å². The maximum absolute atomic E-state index is 12.0. The molecule has 1 atom stereocenters.